The van der Waals surface area contributed by atoms with Gasteiger partial charge in [0, 0.05) is 10.7 Å². The van der Waals surface area contributed by atoms with Crippen LogP contribution in [0.15, 0.2) is 9.31 Å². The molecule has 0 atom stereocenters. The van der Waals surface area contributed by atoms with Crippen LogP contribution in [0.4, 0.5) is 0 Å². The van der Waals surface area contributed by atoms with Crippen LogP contribution in [0.2, 0.25) is 0 Å². The van der Waals surface area contributed by atoms with Crippen LogP contribution >= 0.6 is 10.7 Å². The second-order valence-electron chi connectivity index (χ2n) is 2.66. The summed E-state index contributed by atoms with van der Waals surface area (Å²) < 4.78 is 27.0. The number of carboxylic acid groups (broad SMARTS) is 1. The molecular formula is C7H7ClO5S. The summed E-state index contributed by atoms with van der Waals surface area (Å²) in [5, 5.41) is 8.74. The van der Waals surface area contributed by atoms with Crippen LogP contribution in [0.25, 0.3) is 0 Å². The van der Waals surface area contributed by atoms with Gasteiger partial charge in [-0.3, -0.25) is 0 Å². The maximum Gasteiger partial charge on any atom is 0.340 e. The van der Waals surface area contributed by atoms with Gasteiger partial charge in [0.15, 0.2) is 0 Å². The minimum atomic E-state index is -4.09. The van der Waals surface area contributed by atoms with Crippen molar-refractivity contribution in [3.05, 3.63) is 17.1 Å². The summed E-state index contributed by atoms with van der Waals surface area (Å²) >= 11 is 0. The highest BCUT2D eigenvalue weighted by molar-refractivity contribution is 8.13. The Morgan fingerprint density at radius 2 is 1.86 bits per heavy atom. The van der Waals surface area contributed by atoms with Crippen molar-refractivity contribution in [2.75, 3.05) is 0 Å². The summed E-state index contributed by atoms with van der Waals surface area (Å²) in [5.41, 5.74) is -0.405. The minimum absolute atomic E-state index is 0.0186. The van der Waals surface area contributed by atoms with E-state index in [9.17, 15) is 13.2 Å². The minimum Gasteiger partial charge on any atom is -0.478 e. The molecule has 0 fully saturated rings. The van der Waals surface area contributed by atoms with E-state index in [-0.39, 0.29) is 11.5 Å². The summed E-state index contributed by atoms with van der Waals surface area (Å²) in [6.07, 6.45) is 0. The van der Waals surface area contributed by atoms with Gasteiger partial charge in [0.2, 0.25) is 0 Å². The van der Waals surface area contributed by atoms with Crippen LogP contribution in [-0.4, -0.2) is 19.5 Å². The fraction of sp³-hybridized carbons (Fsp3) is 0.286. The zero-order valence-electron chi connectivity index (χ0n) is 7.37. The lowest BCUT2D eigenvalue weighted by molar-refractivity contribution is 0.0691. The Bertz CT molecular complexity index is 484. The first kappa shape index (κ1) is 11.1. The van der Waals surface area contributed by atoms with Gasteiger partial charge in [-0.15, -0.1) is 0 Å². The second kappa shape index (κ2) is 3.29. The van der Waals surface area contributed by atoms with Crippen LogP contribution in [0.5, 0.6) is 0 Å². The number of rotatable bonds is 2. The largest absolute Gasteiger partial charge is 0.478 e. The van der Waals surface area contributed by atoms with Gasteiger partial charge in [-0.05, 0) is 13.8 Å². The van der Waals surface area contributed by atoms with Crippen molar-refractivity contribution in [3.63, 3.8) is 0 Å². The molecule has 0 amide bonds. The molecule has 1 rings (SSSR count). The third-order valence-electron chi connectivity index (χ3n) is 1.66. The molecule has 78 valence electrons. The highest BCUT2D eigenvalue weighted by Gasteiger charge is 2.29. The number of hydrogen-bond donors (Lipinski definition) is 1. The lowest BCUT2D eigenvalue weighted by Crippen LogP contribution is -2.04. The molecule has 0 aliphatic carbocycles. The molecule has 7 heteroatoms. The van der Waals surface area contributed by atoms with E-state index in [1.807, 2.05) is 0 Å². The molecule has 0 aliphatic rings. The topological polar surface area (TPSA) is 84.6 Å². The van der Waals surface area contributed by atoms with Gasteiger partial charge in [-0.1, -0.05) is 0 Å². The van der Waals surface area contributed by atoms with Gasteiger partial charge in [-0.25, -0.2) is 13.2 Å². The van der Waals surface area contributed by atoms with E-state index < -0.39 is 25.5 Å². The maximum atomic E-state index is 11.0. The Hall–Kier alpha value is -1.01. The summed E-state index contributed by atoms with van der Waals surface area (Å²) in [4.78, 5) is 10.3. The van der Waals surface area contributed by atoms with E-state index in [0.29, 0.717) is 0 Å². The van der Waals surface area contributed by atoms with Crippen molar-refractivity contribution in [1.29, 1.82) is 0 Å². The number of hydrogen-bond acceptors (Lipinski definition) is 4. The second-order valence-corrected chi connectivity index (χ2v) is 5.16. The normalized spacial score (nSPS) is 11.6. The predicted octanol–water partition coefficient (Wildman–Crippen LogP) is 1.52. The number of aryl methyl sites for hydroxylation is 2. The number of halogens is 1. The van der Waals surface area contributed by atoms with E-state index in [1.54, 1.807) is 0 Å². The molecule has 0 saturated carbocycles. The zero-order chi connectivity index (χ0) is 11.1. The first-order chi connectivity index (χ1) is 6.25. The lowest BCUT2D eigenvalue weighted by atomic mass is 10.2. The fourth-order valence-electron chi connectivity index (χ4n) is 1.20. The number of aromatic carboxylic acids is 1. The van der Waals surface area contributed by atoms with E-state index in [1.165, 1.54) is 13.8 Å². The molecule has 5 nitrogen and oxygen atoms in total. The monoisotopic (exact) mass is 238 g/mol. The van der Waals surface area contributed by atoms with Crippen LogP contribution in [0.1, 0.15) is 21.9 Å². The molecule has 0 saturated heterocycles. The molecule has 1 N–H and O–H groups in total. The molecule has 0 unspecified atom stereocenters. The van der Waals surface area contributed by atoms with Crippen molar-refractivity contribution in [1.82, 2.24) is 0 Å². The van der Waals surface area contributed by atoms with Gasteiger partial charge < -0.3 is 9.52 Å². The van der Waals surface area contributed by atoms with Crippen molar-refractivity contribution in [2.45, 2.75) is 18.7 Å². The summed E-state index contributed by atoms with van der Waals surface area (Å²) in [5.74, 6) is -1.37. The third kappa shape index (κ3) is 1.76. The van der Waals surface area contributed by atoms with E-state index >= 15 is 0 Å². The van der Waals surface area contributed by atoms with Gasteiger partial charge in [0.25, 0.3) is 9.05 Å². The molecule has 14 heavy (non-hydrogen) atoms. The number of carboxylic acids is 1. The average Bonchev–Trinajstić information content (AvgIpc) is 2.23. The third-order valence-corrected chi connectivity index (χ3v) is 3.10. The molecule has 1 aromatic heterocycles. The lowest BCUT2D eigenvalue weighted by Gasteiger charge is -1.94. The number of furan rings is 1. The smallest absolute Gasteiger partial charge is 0.340 e. The Kier molecular flexibility index (Phi) is 2.60. The van der Waals surface area contributed by atoms with Crippen LogP contribution in [0.3, 0.4) is 0 Å². The Balaban J connectivity index is 3.65. The highest BCUT2D eigenvalue weighted by atomic mass is 35.7. The summed E-state index contributed by atoms with van der Waals surface area (Å²) in [6, 6.07) is 0. The van der Waals surface area contributed by atoms with E-state index in [4.69, 9.17) is 20.2 Å². The molecule has 0 bridgehead atoms. The van der Waals surface area contributed by atoms with Crippen molar-refractivity contribution >= 4 is 25.7 Å². The van der Waals surface area contributed by atoms with Gasteiger partial charge in [-0.2, -0.15) is 0 Å². The molecular weight excluding hydrogens is 232 g/mol. The molecule has 0 radical (unpaired) electrons. The van der Waals surface area contributed by atoms with Gasteiger partial charge in [0.05, 0.1) is 0 Å². The molecule has 0 spiro atoms. The first-order valence-electron chi connectivity index (χ1n) is 3.53. The quantitative estimate of drug-likeness (QED) is 0.790. The Labute approximate surface area is 84.7 Å². The van der Waals surface area contributed by atoms with Crippen LogP contribution < -0.4 is 0 Å². The zero-order valence-corrected chi connectivity index (χ0v) is 8.94. The molecule has 0 aromatic carbocycles. The highest BCUT2D eigenvalue weighted by Crippen LogP contribution is 2.28. The number of carbonyl (C=O) groups is 1. The fourth-order valence-corrected chi connectivity index (χ4v) is 2.62. The SMILES string of the molecule is Cc1oc(C)c(S(=O)(=O)Cl)c1C(=O)O. The van der Waals surface area contributed by atoms with E-state index in [2.05, 4.69) is 0 Å². The predicted molar refractivity (Wildman–Crippen MR) is 48.2 cm³/mol. The molecule has 1 heterocycles. The summed E-state index contributed by atoms with van der Waals surface area (Å²) in [6.45, 7) is 2.71. The molecule has 0 aliphatic heterocycles. The van der Waals surface area contributed by atoms with Crippen molar-refractivity contribution < 1.29 is 22.7 Å². The maximum absolute atomic E-state index is 11.0. The van der Waals surface area contributed by atoms with Crippen molar-refractivity contribution in [3.8, 4) is 0 Å². The first-order valence-corrected chi connectivity index (χ1v) is 5.84. The molecule has 1 aromatic rings. The Morgan fingerprint density at radius 1 is 1.36 bits per heavy atom. The standard InChI is InChI=1S/C7H7ClO5S/c1-3-5(7(9)10)6(4(2)13-3)14(8,11)12/h1-2H3,(H,9,10). The van der Waals surface area contributed by atoms with Crippen molar-refractivity contribution in [2.24, 2.45) is 0 Å². The average molecular weight is 239 g/mol. The summed E-state index contributed by atoms with van der Waals surface area (Å²) in [7, 11) is 0.985. The van der Waals surface area contributed by atoms with Crippen LogP contribution in [-0.2, 0) is 9.05 Å². The Morgan fingerprint density at radius 3 is 2.14 bits per heavy atom. The van der Waals surface area contributed by atoms with E-state index in [0.717, 1.165) is 0 Å². The van der Waals surface area contributed by atoms with Gasteiger partial charge >= 0.3 is 5.97 Å². The van der Waals surface area contributed by atoms with Crippen LogP contribution in [0, 0.1) is 13.8 Å². The van der Waals surface area contributed by atoms with Gasteiger partial charge in [0.1, 0.15) is 22.0 Å².